The van der Waals surface area contributed by atoms with Crippen molar-refractivity contribution in [3.8, 4) is 0 Å². The summed E-state index contributed by atoms with van der Waals surface area (Å²) in [6.07, 6.45) is 2.65. The van der Waals surface area contributed by atoms with Crippen molar-refractivity contribution >= 4 is 6.09 Å². The van der Waals surface area contributed by atoms with Crippen molar-refractivity contribution in [2.45, 2.75) is 37.5 Å². The molecule has 0 unspecified atom stereocenters. The van der Waals surface area contributed by atoms with E-state index in [-0.39, 0.29) is 6.10 Å². The first kappa shape index (κ1) is 6.91. The van der Waals surface area contributed by atoms with Crippen LogP contribution in [0, 0.1) is 0 Å². The van der Waals surface area contributed by atoms with Crippen molar-refractivity contribution in [1.82, 2.24) is 5.32 Å². The number of amides is 1. The minimum atomic E-state index is -0.649. The van der Waals surface area contributed by atoms with Gasteiger partial charge in [0.1, 0.15) is 6.10 Å². The SMILES string of the molecule is NC(=O)O[C@@H]1C[C@@H]2CC[C@H]1N2. The first-order chi connectivity index (χ1) is 5.25. The molecule has 2 aliphatic rings. The molecule has 11 heavy (non-hydrogen) atoms. The van der Waals surface area contributed by atoms with Crippen LogP contribution in [0.1, 0.15) is 19.3 Å². The summed E-state index contributed by atoms with van der Waals surface area (Å²) >= 11 is 0. The molecule has 62 valence electrons. The number of nitrogens with two attached hydrogens (primary N) is 1. The molecule has 0 aromatic rings. The molecule has 0 spiro atoms. The Morgan fingerprint density at radius 3 is 2.82 bits per heavy atom. The maximum absolute atomic E-state index is 10.4. The van der Waals surface area contributed by atoms with E-state index in [0.29, 0.717) is 12.1 Å². The fourth-order valence-electron chi connectivity index (χ4n) is 2.05. The van der Waals surface area contributed by atoms with Gasteiger partial charge in [0.15, 0.2) is 0 Å². The summed E-state index contributed by atoms with van der Waals surface area (Å²) in [7, 11) is 0. The summed E-state index contributed by atoms with van der Waals surface area (Å²) in [6, 6.07) is 0.928. The average molecular weight is 156 g/mol. The number of rotatable bonds is 1. The lowest BCUT2D eigenvalue weighted by atomic mass is 9.98. The number of nitrogens with one attached hydrogen (secondary N) is 1. The van der Waals surface area contributed by atoms with Crippen molar-refractivity contribution in [1.29, 1.82) is 0 Å². The zero-order chi connectivity index (χ0) is 7.84. The van der Waals surface area contributed by atoms with E-state index in [2.05, 4.69) is 5.32 Å². The van der Waals surface area contributed by atoms with Crippen molar-refractivity contribution in [2.24, 2.45) is 5.73 Å². The second-order valence-corrected chi connectivity index (χ2v) is 3.26. The maximum atomic E-state index is 10.4. The van der Waals surface area contributed by atoms with Gasteiger partial charge in [-0.1, -0.05) is 0 Å². The van der Waals surface area contributed by atoms with E-state index in [0.717, 1.165) is 12.8 Å². The second-order valence-electron chi connectivity index (χ2n) is 3.26. The van der Waals surface area contributed by atoms with E-state index in [1.165, 1.54) is 6.42 Å². The Balaban J connectivity index is 1.92. The average Bonchev–Trinajstić information content (AvgIpc) is 2.45. The van der Waals surface area contributed by atoms with Gasteiger partial charge in [-0.05, 0) is 12.8 Å². The van der Waals surface area contributed by atoms with E-state index in [4.69, 9.17) is 10.5 Å². The van der Waals surface area contributed by atoms with E-state index in [1.54, 1.807) is 0 Å². The fourth-order valence-corrected chi connectivity index (χ4v) is 2.05. The first-order valence-corrected chi connectivity index (χ1v) is 3.98. The van der Waals surface area contributed by atoms with Gasteiger partial charge in [0.25, 0.3) is 0 Å². The molecule has 2 fully saturated rings. The van der Waals surface area contributed by atoms with Crippen LogP contribution in [-0.2, 0) is 4.74 Å². The highest BCUT2D eigenvalue weighted by molar-refractivity contribution is 5.65. The van der Waals surface area contributed by atoms with Crippen LogP contribution in [0.5, 0.6) is 0 Å². The smallest absolute Gasteiger partial charge is 0.404 e. The summed E-state index contributed by atoms with van der Waals surface area (Å²) in [5.41, 5.74) is 4.92. The van der Waals surface area contributed by atoms with E-state index in [9.17, 15) is 4.79 Å². The van der Waals surface area contributed by atoms with Gasteiger partial charge in [-0.25, -0.2) is 4.79 Å². The predicted molar refractivity (Wildman–Crippen MR) is 39.0 cm³/mol. The molecule has 0 radical (unpaired) electrons. The summed E-state index contributed by atoms with van der Waals surface area (Å²) < 4.78 is 4.92. The quantitative estimate of drug-likeness (QED) is 0.560. The number of ether oxygens (including phenoxy) is 1. The molecule has 2 rings (SSSR count). The molecule has 4 nitrogen and oxygen atoms in total. The van der Waals surface area contributed by atoms with Gasteiger partial charge in [0.2, 0.25) is 0 Å². The lowest BCUT2D eigenvalue weighted by Crippen LogP contribution is -2.33. The van der Waals surface area contributed by atoms with Crippen LogP contribution in [0.3, 0.4) is 0 Å². The number of hydrogen-bond donors (Lipinski definition) is 2. The van der Waals surface area contributed by atoms with Crippen LogP contribution in [0.4, 0.5) is 4.79 Å². The Hall–Kier alpha value is -0.770. The molecule has 2 saturated heterocycles. The Kier molecular flexibility index (Phi) is 1.49. The number of fused-ring (bicyclic) bond motifs is 2. The number of primary amides is 1. The zero-order valence-electron chi connectivity index (χ0n) is 6.25. The Morgan fingerprint density at radius 2 is 2.36 bits per heavy atom. The lowest BCUT2D eigenvalue weighted by molar-refractivity contribution is 0.0912. The normalized spacial score (nSPS) is 40.9. The van der Waals surface area contributed by atoms with Gasteiger partial charge in [0.05, 0.1) is 0 Å². The topological polar surface area (TPSA) is 64.4 Å². The largest absolute Gasteiger partial charge is 0.445 e. The molecular weight excluding hydrogens is 144 g/mol. The number of carbonyl (C=O) groups is 1. The standard InChI is InChI=1S/C7H12N2O2/c8-7(10)11-6-3-4-1-2-5(6)9-4/h4-6,9H,1-3H2,(H2,8,10)/t4-,5+,6+/m0/s1. The molecule has 0 aliphatic carbocycles. The Labute approximate surface area is 65.1 Å². The summed E-state index contributed by atoms with van der Waals surface area (Å²) in [6.45, 7) is 0. The Morgan fingerprint density at radius 1 is 1.55 bits per heavy atom. The first-order valence-electron chi connectivity index (χ1n) is 3.98. The van der Waals surface area contributed by atoms with Crippen molar-refractivity contribution in [2.75, 3.05) is 0 Å². The van der Waals surface area contributed by atoms with Gasteiger partial charge in [-0.2, -0.15) is 0 Å². The highest BCUT2D eigenvalue weighted by Gasteiger charge is 2.40. The summed E-state index contributed by atoms with van der Waals surface area (Å²) in [5, 5.41) is 3.35. The molecule has 0 saturated carbocycles. The second kappa shape index (κ2) is 2.37. The molecule has 4 heteroatoms. The van der Waals surface area contributed by atoms with Crippen molar-refractivity contribution in [3.05, 3.63) is 0 Å². The Bertz CT molecular complexity index is 183. The van der Waals surface area contributed by atoms with Crippen LogP contribution < -0.4 is 11.1 Å². The van der Waals surface area contributed by atoms with Crippen LogP contribution in [0.2, 0.25) is 0 Å². The van der Waals surface area contributed by atoms with Gasteiger partial charge >= 0.3 is 6.09 Å². The summed E-state index contributed by atoms with van der Waals surface area (Å²) in [5.74, 6) is 0. The van der Waals surface area contributed by atoms with E-state index >= 15 is 0 Å². The molecule has 2 aliphatic heterocycles. The molecule has 3 atom stereocenters. The molecule has 1 amide bonds. The van der Waals surface area contributed by atoms with Gasteiger partial charge < -0.3 is 15.8 Å². The predicted octanol–water partition coefficient (Wildman–Crippen LogP) is -0.0254. The maximum Gasteiger partial charge on any atom is 0.404 e. The lowest BCUT2D eigenvalue weighted by Gasteiger charge is -2.18. The van der Waals surface area contributed by atoms with Gasteiger partial charge in [-0.15, -0.1) is 0 Å². The monoisotopic (exact) mass is 156 g/mol. The third-order valence-electron chi connectivity index (χ3n) is 2.51. The summed E-state index contributed by atoms with van der Waals surface area (Å²) in [4.78, 5) is 10.4. The van der Waals surface area contributed by atoms with Crippen molar-refractivity contribution in [3.63, 3.8) is 0 Å². The number of hydrogen-bond acceptors (Lipinski definition) is 3. The van der Waals surface area contributed by atoms with Gasteiger partial charge in [-0.3, -0.25) is 0 Å². The van der Waals surface area contributed by atoms with E-state index < -0.39 is 6.09 Å². The zero-order valence-corrected chi connectivity index (χ0v) is 6.25. The molecule has 2 bridgehead atoms. The highest BCUT2D eigenvalue weighted by Crippen LogP contribution is 2.29. The van der Waals surface area contributed by atoms with Crippen LogP contribution in [0.25, 0.3) is 0 Å². The highest BCUT2D eigenvalue weighted by atomic mass is 16.6. The minimum absolute atomic E-state index is 0.0336. The third-order valence-corrected chi connectivity index (χ3v) is 2.51. The molecule has 2 heterocycles. The molecule has 0 aromatic heterocycles. The van der Waals surface area contributed by atoms with Crippen LogP contribution in [0.15, 0.2) is 0 Å². The molecular formula is C7H12N2O2. The third kappa shape index (κ3) is 1.18. The van der Waals surface area contributed by atoms with Crippen molar-refractivity contribution < 1.29 is 9.53 Å². The molecule has 0 aromatic carbocycles. The fraction of sp³-hybridized carbons (Fsp3) is 0.857. The van der Waals surface area contributed by atoms with Crippen LogP contribution >= 0.6 is 0 Å². The minimum Gasteiger partial charge on any atom is -0.445 e. The van der Waals surface area contributed by atoms with E-state index in [1.807, 2.05) is 0 Å². The van der Waals surface area contributed by atoms with Gasteiger partial charge in [0, 0.05) is 18.5 Å². The van der Waals surface area contributed by atoms with Crippen LogP contribution in [-0.4, -0.2) is 24.3 Å². The number of carbonyl (C=O) groups excluding carboxylic acids is 1. The molecule has 3 N–H and O–H groups in total.